The maximum atomic E-state index is 5.51. The monoisotopic (exact) mass is 207 g/mol. The van der Waals surface area contributed by atoms with E-state index in [0.29, 0.717) is 10.4 Å². The van der Waals surface area contributed by atoms with Gasteiger partial charge in [0.2, 0.25) is 0 Å². The highest BCUT2D eigenvalue weighted by Crippen LogP contribution is 2.16. The lowest BCUT2D eigenvalue weighted by molar-refractivity contribution is 1.17. The van der Waals surface area contributed by atoms with Crippen LogP contribution in [0.4, 0.5) is 5.82 Å². The molecule has 0 aliphatic heterocycles. The number of halogens is 2. The molecule has 1 aromatic heterocycles. The summed E-state index contributed by atoms with van der Waals surface area (Å²) in [6, 6.07) is 0. The fourth-order valence-electron chi connectivity index (χ4n) is 0.364. The third-order valence-electron chi connectivity index (χ3n) is 0.708. The van der Waals surface area contributed by atoms with Crippen molar-refractivity contribution in [2.75, 3.05) is 5.73 Å². The van der Waals surface area contributed by atoms with Gasteiger partial charge in [-0.05, 0) is 15.9 Å². The third kappa shape index (κ3) is 1.53. The Morgan fingerprint density at radius 1 is 1.67 bits per heavy atom. The lowest BCUT2D eigenvalue weighted by Crippen LogP contribution is -1.91. The highest BCUT2D eigenvalue weighted by atomic mass is 79.9. The number of nitrogens with two attached hydrogens (primary N) is 1. The van der Waals surface area contributed by atoms with Crippen LogP contribution in [0.1, 0.15) is 0 Å². The lowest BCUT2D eigenvalue weighted by Gasteiger charge is -1.92. The smallest absolute Gasteiger partial charge is 0.164 e. The molecule has 0 saturated carbocycles. The van der Waals surface area contributed by atoms with Gasteiger partial charge in [0, 0.05) is 0 Å². The number of nitrogen functional groups attached to an aromatic ring is 1. The van der Waals surface area contributed by atoms with Gasteiger partial charge in [-0.2, -0.15) is 0 Å². The Labute approximate surface area is 65.4 Å². The summed E-state index contributed by atoms with van der Waals surface area (Å²) in [5.41, 5.74) is 5.25. The summed E-state index contributed by atoms with van der Waals surface area (Å²) in [5.74, 6) is 0.322. The van der Waals surface area contributed by atoms with Crippen LogP contribution >= 0.6 is 27.5 Å². The fourth-order valence-corrected chi connectivity index (χ4v) is 0.702. The van der Waals surface area contributed by atoms with Crippen molar-refractivity contribution in [3.05, 3.63) is 16.0 Å². The van der Waals surface area contributed by atoms with Crippen LogP contribution in [0.25, 0.3) is 0 Å². The zero-order valence-corrected chi connectivity index (χ0v) is 6.65. The molecule has 1 rings (SSSR count). The van der Waals surface area contributed by atoms with Crippen LogP contribution in [-0.2, 0) is 0 Å². The van der Waals surface area contributed by atoms with Crippen molar-refractivity contribution in [1.29, 1.82) is 0 Å². The Morgan fingerprint density at radius 2 is 2.33 bits per heavy atom. The Hall–Kier alpha value is -0.350. The van der Waals surface area contributed by atoms with Gasteiger partial charge in [-0.3, -0.25) is 0 Å². The van der Waals surface area contributed by atoms with E-state index in [1.54, 1.807) is 0 Å². The molecule has 9 heavy (non-hydrogen) atoms. The summed E-state index contributed by atoms with van der Waals surface area (Å²) < 4.78 is 0.512. The van der Waals surface area contributed by atoms with Crippen LogP contribution in [0, 0.1) is 0 Å². The quantitative estimate of drug-likeness (QED) is 0.702. The minimum absolute atomic E-state index is 0.287. The van der Waals surface area contributed by atoms with Crippen molar-refractivity contribution < 1.29 is 0 Å². The van der Waals surface area contributed by atoms with E-state index in [1.165, 1.54) is 6.20 Å². The number of nitrogens with zero attached hydrogens (tertiary/aromatic N) is 2. The van der Waals surface area contributed by atoms with E-state index in [2.05, 4.69) is 25.9 Å². The highest BCUT2D eigenvalue weighted by molar-refractivity contribution is 9.10. The molecule has 2 N–H and O–H groups in total. The standard InChI is InChI=1S/C4H3BrClN3/c5-3-4(6)9-2(7)1-8-3/h1H,(H2,7,9). The Bertz CT molecular complexity index is 227. The predicted octanol–water partition coefficient (Wildman–Crippen LogP) is 1.47. The second-order valence-corrected chi connectivity index (χ2v) is 2.49. The van der Waals surface area contributed by atoms with E-state index in [0.717, 1.165) is 0 Å². The Kier molecular flexibility index (Phi) is 1.87. The molecule has 0 atom stereocenters. The van der Waals surface area contributed by atoms with E-state index >= 15 is 0 Å². The van der Waals surface area contributed by atoms with Crippen LogP contribution < -0.4 is 5.73 Å². The Balaban J connectivity index is 3.17. The molecule has 0 bridgehead atoms. The SMILES string of the molecule is Nc1cnc(Br)c(Cl)n1. The first-order valence-corrected chi connectivity index (χ1v) is 3.31. The van der Waals surface area contributed by atoms with Crippen LogP contribution in [0.2, 0.25) is 5.15 Å². The molecule has 0 aromatic carbocycles. The number of aromatic nitrogens is 2. The molecule has 5 heteroatoms. The van der Waals surface area contributed by atoms with Crippen molar-refractivity contribution >= 4 is 33.3 Å². The summed E-state index contributed by atoms with van der Waals surface area (Å²) in [4.78, 5) is 7.48. The normalized spacial score (nSPS) is 9.56. The van der Waals surface area contributed by atoms with Gasteiger partial charge in [-0.15, -0.1) is 0 Å². The second kappa shape index (κ2) is 2.49. The summed E-state index contributed by atoms with van der Waals surface area (Å²) in [6.45, 7) is 0. The van der Waals surface area contributed by atoms with Gasteiger partial charge in [0.25, 0.3) is 0 Å². The summed E-state index contributed by atoms with van der Waals surface area (Å²) in [5, 5.41) is 0.287. The van der Waals surface area contributed by atoms with Gasteiger partial charge in [-0.25, -0.2) is 9.97 Å². The van der Waals surface area contributed by atoms with Crippen molar-refractivity contribution in [2.45, 2.75) is 0 Å². The molecule has 0 saturated heterocycles. The van der Waals surface area contributed by atoms with Crippen LogP contribution in [0.15, 0.2) is 10.8 Å². The zero-order chi connectivity index (χ0) is 6.85. The molecular formula is C4H3BrClN3. The molecule has 1 aromatic rings. The van der Waals surface area contributed by atoms with E-state index in [4.69, 9.17) is 17.3 Å². The van der Waals surface area contributed by atoms with Gasteiger partial charge in [-0.1, -0.05) is 11.6 Å². The topological polar surface area (TPSA) is 51.8 Å². The van der Waals surface area contributed by atoms with E-state index in [9.17, 15) is 0 Å². The van der Waals surface area contributed by atoms with Crippen molar-refractivity contribution in [3.8, 4) is 0 Å². The van der Waals surface area contributed by atoms with Crippen molar-refractivity contribution in [3.63, 3.8) is 0 Å². The maximum absolute atomic E-state index is 5.51. The molecule has 0 aliphatic carbocycles. The first-order valence-electron chi connectivity index (χ1n) is 2.13. The molecule has 0 aliphatic rings. The van der Waals surface area contributed by atoms with Gasteiger partial charge >= 0.3 is 0 Å². The number of hydrogen-bond acceptors (Lipinski definition) is 3. The number of anilines is 1. The number of rotatable bonds is 0. The van der Waals surface area contributed by atoms with Gasteiger partial charge in [0.1, 0.15) is 10.4 Å². The first kappa shape index (κ1) is 6.77. The van der Waals surface area contributed by atoms with E-state index in [-0.39, 0.29) is 5.15 Å². The van der Waals surface area contributed by atoms with E-state index < -0.39 is 0 Å². The Morgan fingerprint density at radius 3 is 2.78 bits per heavy atom. The van der Waals surface area contributed by atoms with Crippen LogP contribution in [-0.4, -0.2) is 9.97 Å². The molecular weight excluding hydrogens is 205 g/mol. The average Bonchev–Trinajstić information content (AvgIpc) is 1.80. The molecule has 1 heterocycles. The predicted molar refractivity (Wildman–Crippen MR) is 39.2 cm³/mol. The molecule has 3 nitrogen and oxygen atoms in total. The minimum atomic E-state index is 0.287. The third-order valence-corrected chi connectivity index (χ3v) is 1.78. The van der Waals surface area contributed by atoms with Gasteiger partial charge < -0.3 is 5.73 Å². The molecule has 0 spiro atoms. The summed E-state index contributed by atoms with van der Waals surface area (Å²) >= 11 is 8.58. The highest BCUT2D eigenvalue weighted by Gasteiger charge is 1.97. The molecule has 48 valence electrons. The van der Waals surface area contributed by atoms with Crippen molar-refractivity contribution in [1.82, 2.24) is 9.97 Å². The minimum Gasteiger partial charge on any atom is -0.382 e. The fraction of sp³-hybridized carbons (Fsp3) is 0. The summed E-state index contributed by atoms with van der Waals surface area (Å²) in [7, 11) is 0. The lowest BCUT2D eigenvalue weighted by atomic mass is 10.7. The van der Waals surface area contributed by atoms with Crippen LogP contribution in [0.3, 0.4) is 0 Å². The zero-order valence-electron chi connectivity index (χ0n) is 4.31. The maximum Gasteiger partial charge on any atom is 0.164 e. The first-order chi connectivity index (χ1) is 4.20. The average molecular weight is 208 g/mol. The van der Waals surface area contributed by atoms with E-state index in [1.807, 2.05) is 0 Å². The largest absolute Gasteiger partial charge is 0.382 e. The molecule has 0 fully saturated rings. The summed E-state index contributed by atoms with van der Waals surface area (Å²) in [6.07, 6.45) is 1.43. The van der Waals surface area contributed by atoms with Crippen LogP contribution in [0.5, 0.6) is 0 Å². The molecule has 0 amide bonds. The van der Waals surface area contributed by atoms with Gasteiger partial charge in [0.05, 0.1) is 6.20 Å². The molecule has 0 radical (unpaired) electrons. The number of hydrogen-bond donors (Lipinski definition) is 1. The second-order valence-electron chi connectivity index (χ2n) is 1.38. The molecule has 0 unspecified atom stereocenters. The van der Waals surface area contributed by atoms with Crippen molar-refractivity contribution in [2.24, 2.45) is 0 Å². The van der Waals surface area contributed by atoms with Gasteiger partial charge in [0.15, 0.2) is 5.15 Å².